The number of hydrogen-bond acceptors (Lipinski definition) is 9. The van der Waals surface area contributed by atoms with Crippen molar-refractivity contribution in [3.8, 4) is 0 Å². The van der Waals surface area contributed by atoms with Crippen LogP contribution in [0, 0.1) is 0 Å². The van der Waals surface area contributed by atoms with E-state index >= 15 is 4.79 Å². The van der Waals surface area contributed by atoms with Crippen LogP contribution in [0.3, 0.4) is 0 Å². The number of carbonyl (C=O) groups excluding carboxylic acids is 3. The van der Waals surface area contributed by atoms with E-state index in [9.17, 15) is 26.4 Å². The number of amides is 2. The van der Waals surface area contributed by atoms with E-state index in [2.05, 4.69) is 0 Å². The maximum absolute atomic E-state index is 15.0. The molecule has 0 spiro atoms. The van der Waals surface area contributed by atoms with Crippen molar-refractivity contribution in [2.24, 2.45) is 0 Å². The van der Waals surface area contributed by atoms with Crippen molar-refractivity contribution in [3.05, 3.63) is 118 Å². The molecular weight excluding hydrogens is 884 g/mol. The largest absolute Gasteiger partial charge is 0.340 e. The summed E-state index contributed by atoms with van der Waals surface area (Å²) in [7, 11) is -5.87. The van der Waals surface area contributed by atoms with Crippen molar-refractivity contribution in [1.29, 1.82) is 0 Å². The van der Waals surface area contributed by atoms with Crippen molar-refractivity contribution in [2.75, 3.05) is 63.9 Å². The van der Waals surface area contributed by atoms with Crippen LogP contribution in [-0.2, 0) is 69.1 Å². The topological polar surface area (TPSA) is 132 Å². The third-order valence-electron chi connectivity index (χ3n) is 10.7. The highest BCUT2D eigenvalue weighted by Crippen LogP contribution is 2.23. The molecule has 0 saturated carbocycles. The van der Waals surface area contributed by atoms with Crippen LogP contribution in [-0.4, -0.2) is 130 Å². The summed E-state index contributed by atoms with van der Waals surface area (Å²) in [5.74, 6) is 0.0897. The summed E-state index contributed by atoms with van der Waals surface area (Å²) in [6.45, 7) is 6.37. The Labute approximate surface area is 371 Å². The van der Waals surface area contributed by atoms with Gasteiger partial charge in [0.05, 0.1) is 33.7 Å². The van der Waals surface area contributed by atoms with Gasteiger partial charge < -0.3 is 9.80 Å². The van der Waals surface area contributed by atoms with Crippen LogP contribution in [0.25, 0.3) is 0 Å². The molecule has 2 amide bonds. The molecule has 2 heterocycles. The van der Waals surface area contributed by atoms with Crippen molar-refractivity contribution in [1.82, 2.24) is 19.6 Å². The second-order valence-corrected chi connectivity index (χ2v) is 21.6. The minimum Gasteiger partial charge on any atom is -0.340 e. The number of piperazine rings is 2. The summed E-state index contributed by atoms with van der Waals surface area (Å²) in [5.41, 5.74) is 1.53. The molecule has 2 fully saturated rings. The minimum absolute atomic E-state index is 0.0279. The molecule has 0 aromatic heterocycles. The second kappa shape index (κ2) is 21.6. The van der Waals surface area contributed by atoms with Gasteiger partial charge in [0, 0.05) is 140 Å². The monoisotopic (exact) mass is 930 g/mol. The molecule has 0 bridgehead atoms. The molecular formula is C43H48Cl2N4O7S4. The Hall–Kier alpha value is -3.41. The van der Waals surface area contributed by atoms with Gasteiger partial charge in [-0.05, 0) is 83.9 Å². The number of Topliss-reactive ketones (excluding diaryl/α,β-unsaturated/α-hetero) is 1. The lowest BCUT2D eigenvalue weighted by Crippen LogP contribution is -2.61. The first-order valence-electron chi connectivity index (χ1n) is 19.5. The van der Waals surface area contributed by atoms with E-state index in [-0.39, 0.29) is 40.6 Å². The Kier molecular flexibility index (Phi) is 16.6. The van der Waals surface area contributed by atoms with Crippen molar-refractivity contribution < 1.29 is 31.2 Å². The van der Waals surface area contributed by atoms with Gasteiger partial charge in [-0.2, -0.15) is 0 Å². The average Bonchev–Trinajstić information content (AvgIpc) is 3.25. The number of benzene rings is 4. The zero-order valence-corrected chi connectivity index (χ0v) is 38.2. The molecule has 2 aliphatic heterocycles. The third-order valence-corrected chi connectivity index (χ3v) is 16.7. The van der Waals surface area contributed by atoms with Crippen molar-refractivity contribution >= 4 is 84.0 Å². The van der Waals surface area contributed by atoms with Crippen LogP contribution < -0.4 is 0 Å². The highest BCUT2D eigenvalue weighted by molar-refractivity contribution is 7.85. The van der Waals surface area contributed by atoms with Gasteiger partial charge in [-0.3, -0.25) is 32.6 Å². The fourth-order valence-corrected chi connectivity index (χ4v) is 12.5. The Balaban J connectivity index is 1.19. The normalized spacial score (nSPS) is 18.3. The molecule has 6 rings (SSSR count). The van der Waals surface area contributed by atoms with Crippen molar-refractivity contribution in [3.63, 3.8) is 0 Å². The predicted molar refractivity (Wildman–Crippen MR) is 239 cm³/mol. The first-order chi connectivity index (χ1) is 28.7. The Morgan fingerprint density at radius 3 is 1.05 bits per heavy atom. The highest BCUT2D eigenvalue weighted by atomic mass is 35.5. The first-order valence-corrected chi connectivity index (χ1v) is 25.5. The van der Waals surface area contributed by atoms with Gasteiger partial charge in [0.1, 0.15) is 0 Å². The molecule has 0 aliphatic carbocycles. The number of carbonyl (C=O) groups is 3. The quantitative estimate of drug-likeness (QED) is 0.150. The zero-order valence-electron chi connectivity index (χ0n) is 33.4. The lowest BCUT2D eigenvalue weighted by Gasteiger charge is -2.42. The van der Waals surface area contributed by atoms with Crippen molar-refractivity contribution in [2.45, 2.75) is 57.0 Å². The van der Waals surface area contributed by atoms with E-state index < -0.39 is 55.3 Å². The maximum Gasteiger partial charge on any atom is 0.219 e. The second-order valence-electron chi connectivity index (χ2n) is 14.8. The van der Waals surface area contributed by atoms with E-state index in [1.807, 2.05) is 9.80 Å². The predicted octanol–water partition coefficient (Wildman–Crippen LogP) is 5.16. The Morgan fingerprint density at radius 2 is 0.767 bits per heavy atom. The van der Waals surface area contributed by atoms with E-state index in [1.165, 1.54) is 13.8 Å². The summed E-state index contributed by atoms with van der Waals surface area (Å²) in [6.07, 6.45) is 0. The van der Waals surface area contributed by atoms with Crippen LogP contribution in [0.15, 0.2) is 117 Å². The van der Waals surface area contributed by atoms with Gasteiger partial charge in [-0.1, -0.05) is 47.5 Å². The smallest absolute Gasteiger partial charge is 0.219 e. The van der Waals surface area contributed by atoms with E-state index in [0.29, 0.717) is 82.0 Å². The van der Waals surface area contributed by atoms with E-state index in [4.69, 9.17) is 23.2 Å². The van der Waals surface area contributed by atoms with Gasteiger partial charge in [-0.25, -0.2) is 8.42 Å². The molecule has 0 radical (unpaired) electrons. The molecule has 60 heavy (non-hydrogen) atoms. The first kappa shape index (κ1) is 46.1. The van der Waals surface area contributed by atoms with Crippen LogP contribution in [0.5, 0.6) is 0 Å². The van der Waals surface area contributed by atoms with Gasteiger partial charge in [0.2, 0.25) is 11.8 Å². The van der Waals surface area contributed by atoms with Crippen LogP contribution in [0.4, 0.5) is 0 Å². The van der Waals surface area contributed by atoms with E-state index in [0.717, 1.165) is 11.1 Å². The number of nitrogens with zero attached hydrogens (tertiary/aromatic N) is 4. The minimum atomic E-state index is -1.51. The standard InChI is InChI=1S/C43H48Cl2N4O7S4/c1-31(50)46-19-23-48(24-20-46)41(29-57(53)27-33-3-11-37(12-4-33)59(55)39-15-7-35(44)8-16-39)43(52)42(49-25-21-47(22-26-49)32(2)51)30-58(54)28-34-5-13-38(14-6-34)60(56)40-17-9-36(45)10-18-40/h3-18,41-42H,19-30H2,1-2H3. The van der Waals surface area contributed by atoms with Gasteiger partial charge in [0.15, 0.2) is 5.78 Å². The van der Waals surface area contributed by atoms with Crippen LogP contribution in [0.2, 0.25) is 10.0 Å². The Bertz CT molecular complexity index is 2070. The lowest BCUT2D eigenvalue weighted by molar-refractivity contribution is -0.134. The molecule has 2 saturated heterocycles. The molecule has 11 nitrogen and oxygen atoms in total. The van der Waals surface area contributed by atoms with Crippen LogP contribution in [0.1, 0.15) is 25.0 Å². The van der Waals surface area contributed by atoms with Crippen LogP contribution >= 0.6 is 23.2 Å². The lowest BCUT2D eigenvalue weighted by atomic mass is 10.0. The summed E-state index contributed by atoms with van der Waals surface area (Å²) in [5, 5.41) is 1.10. The number of halogens is 2. The van der Waals surface area contributed by atoms with Gasteiger partial charge in [0.25, 0.3) is 0 Å². The number of rotatable bonds is 16. The molecule has 6 unspecified atom stereocenters. The molecule has 4 aromatic carbocycles. The van der Waals surface area contributed by atoms with E-state index in [1.54, 1.807) is 107 Å². The number of hydrogen-bond donors (Lipinski definition) is 0. The maximum atomic E-state index is 15.0. The highest BCUT2D eigenvalue weighted by Gasteiger charge is 2.39. The fourth-order valence-electron chi connectivity index (χ4n) is 7.30. The third kappa shape index (κ3) is 12.4. The fraction of sp³-hybridized carbons (Fsp3) is 0.372. The Morgan fingerprint density at radius 1 is 0.483 bits per heavy atom. The molecule has 0 N–H and O–H groups in total. The zero-order chi connectivity index (χ0) is 42.9. The molecule has 17 heteroatoms. The average molecular weight is 932 g/mol. The number of ketones is 1. The summed E-state index contributed by atoms with van der Waals surface area (Å²) >= 11 is 12.0. The van der Waals surface area contributed by atoms with Gasteiger partial charge in [-0.15, -0.1) is 0 Å². The molecule has 2 aliphatic rings. The molecule has 6 atom stereocenters. The summed E-state index contributed by atoms with van der Waals surface area (Å²) in [6, 6.07) is 26.2. The van der Waals surface area contributed by atoms with Gasteiger partial charge >= 0.3 is 0 Å². The SMILES string of the molecule is CC(=O)N1CCN(C(CS(=O)Cc2ccc(S(=O)c3ccc(Cl)cc3)cc2)C(=O)C(CS(=O)Cc2ccc(S(=O)c3ccc(Cl)cc3)cc2)N2CCN(C(C)=O)CC2)CC1. The summed E-state index contributed by atoms with van der Waals surface area (Å²) < 4.78 is 54.4. The molecule has 4 aromatic rings. The molecule has 320 valence electrons. The summed E-state index contributed by atoms with van der Waals surface area (Å²) in [4.78, 5) is 49.3.